The number of nitrogens with zero attached hydrogens (tertiary/aromatic N) is 4. The van der Waals surface area contributed by atoms with Crippen molar-refractivity contribution in [1.82, 2.24) is 14.1 Å². The molecule has 0 aliphatic heterocycles. The minimum atomic E-state index is -10.7. The van der Waals surface area contributed by atoms with Crippen LogP contribution in [0.15, 0.2) is 152 Å². The van der Waals surface area contributed by atoms with Crippen LogP contribution in [-0.4, -0.2) is 14.1 Å². The molecule has 0 saturated heterocycles. The number of benzene rings is 5. The van der Waals surface area contributed by atoms with Crippen LogP contribution in [0.25, 0.3) is 50.0 Å². The van der Waals surface area contributed by atoms with Crippen LogP contribution >= 0.6 is 7.81 Å². The maximum atomic E-state index is 9.87. The summed E-state index contributed by atoms with van der Waals surface area (Å²) in [5.41, 5.74) is 6.57. The number of aromatic nitrogens is 4. The Kier molecular flexibility index (Phi) is 7.07. The molecule has 5 aromatic carbocycles. The Labute approximate surface area is 269 Å². The average molecular weight is 675 g/mol. The number of hydrogen-bond donors (Lipinski definition) is 0. The molecule has 5 nitrogen and oxygen atoms in total. The van der Waals surface area contributed by atoms with Crippen LogP contribution in [0.2, 0.25) is 0 Å². The van der Waals surface area contributed by atoms with E-state index >= 15 is 0 Å². The normalized spacial score (nSPS) is 13.1. The van der Waals surface area contributed by atoms with Gasteiger partial charge < -0.3 is 4.74 Å². The summed E-state index contributed by atoms with van der Waals surface area (Å²) in [4.78, 5) is 4.65. The molecule has 3 aromatic heterocycles. The molecule has 0 bridgehead atoms. The van der Waals surface area contributed by atoms with E-state index in [0.717, 1.165) is 56.1 Å². The predicted molar refractivity (Wildman–Crippen MR) is 177 cm³/mol. The molecule has 0 aliphatic rings. The van der Waals surface area contributed by atoms with E-state index in [1.54, 1.807) is 0 Å². The van der Waals surface area contributed by atoms with Crippen molar-refractivity contribution >= 4 is 40.6 Å². The maximum absolute atomic E-state index is 10.7. The van der Waals surface area contributed by atoms with Gasteiger partial charge in [0.1, 0.15) is 28.7 Å². The van der Waals surface area contributed by atoms with Crippen molar-refractivity contribution in [3.8, 4) is 28.7 Å². The van der Waals surface area contributed by atoms with Gasteiger partial charge in [-0.2, -0.15) is 9.13 Å². The van der Waals surface area contributed by atoms with Crippen LogP contribution in [0.3, 0.4) is 0 Å². The van der Waals surface area contributed by atoms with E-state index in [4.69, 9.17) is 4.74 Å². The molecule has 48 heavy (non-hydrogen) atoms. The van der Waals surface area contributed by atoms with Crippen LogP contribution in [0.4, 0.5) is 25.2 Å². The number of halogens is 6. The van der Waals surface area contributed by atoms with E-state index in [1.165, 1.54) is 5.39 Å². The first-order valence-corrected chi connectivity index (χ1v) is 16.7. The van der Waals surface area contributed by atoms with E-state index < -0.39 is 7.81 Å². The van der Waals surface area contributed by atoms with Crippen LogP contribution in [0.5, 0.6) is 11.5 Å². The minimum absolute atomic E-state index is 0.770. The summed E-state index contributed by atoms with van der Waals surface area (Å²) < 4.78 is 72.3. The van der Waals surface area contributed by atoms with Gasteiger partial charge >= 0.3 is 33.0 Å². The Morgan fingerprint density at radius 2 is 1.21 bits per heavy atom. The molecule has 0 saturated carbocycles. The van der Waals surface area contributed by atoms with E-state index in [9.17, 15) is 25.2 Å². The quantitative estimate of drug-likeness (QED) is 0.103. The molecule has 0 fully saturated rings. The summed E-state index contributed by atoms with van der Waals surface area (Å²) >= 11 is 0. The zero-order valence-electron chi connectivity index (χ0n) is 24.8. The molecule has 0 amide bonds. The van der Waals surface area contributed by atoms with E-state index in [0.29, 0.717) is 0 Å². The zero-order valence-corrected chi connectivity index (χ0v) is 25.7. The number of para-hydroxylation sites is 4. The molecule has 0 N–H and O–H groups in total. The van der Waals surface area contributed by atoms with Crippen LogP contribution in [0, 0.1) is 0 Å². The fourth-order valence-electron chi connectivity index (χ4n) is 5.69. The molecule has 8 rings (SSSR count). The molecule has 8 aromatic rings. The number of ether oxygens (including phenoxy) is 1. The third kappa shape index (κ3) is 6.86. The summed E-state index contributed by atoms with van der Waals surface area (Å²) in [6.07, 6.45) is 3.96. The average Bonchev–Trinajstić information content (AvgIpc) is 3.60. The Morgan fingerprint density at radius 3 is 1.96 bits per heavy atom. The second kappa shape index (κ2) is 11.0. The van der Waals surface area contributed by atoms with E-state index in [-0.39, 0.29) is 0 Å². The molecule has 0 spiro atoms. The fraction of sp³-hybridized carbons (Fsp3) is 0. The monoisotopic (exact) mass is 674 g/mol. The Bertz CT molecular complexity index is 2420. The number of pyridine rings is 1. The van der Waals surface area contributed by atoms with Gasteiger partial charge in [0.25, 0.3) is 6.33 Å². The standard InChI is InChI=1S/C36H25N4O.F6P/c1-2-11-26(12-3-1)38-25-39(34-18-7-6-17-33(34)38)27-13-10-14-28(23-27)41-29-20-21-31-30-15-4-5-16-32(30)40(35(31)24-29)36-19-8-9-22-37-36;1-7(2,3,4,5)6/h1-25H;/q+1;-1. The molecular weight excluding hydrogens is 649 g/mol. The SMILES string of the molecule is F[P-](F)(F)(F)(F)F.c1ccc(-[n+]2cn(-c3cccc(Oc4ccc5c6ccccc6n(-c6ccccn6)c5c4)c3)c3ccccc32)cc1. The van der Waals surface area contributed by atoms with Crippen molar-refractivity contribution < 1.29 is 34.5 Å². The summed E-state index contributed by atoms with van der Waals surface area (Å²) in [6.45, 7) is 0. The van der Waals surface area contributed by atoms with E-state index in [1.807, 2.05) is 48.7 Å². The number of imidazole rings is 1. The number of rotatable bonds is 5. The largest absolute Gasteiger partial charge is 0.457 e. The van der Waals surface area contributed by atoms with Crippen molar-refractivity contribution in [3.63, 3.8) is 0 Å². The third-order valence-electron chi connectivity index (χ3n) is 7.52. The van der Waals surface area contributed by atoms with Gasteiger partial charge in [0.05, 0.1) is 11.0 Å². The van der Waals surface area contributed by atoms with Crippen molar-refractivity contribution in [1.29, 1.82) is 0 Å². The van der Waals surface area contributed by atoms with Crippen molar-refractivity contribution in [2.24, 2.45) is 0 Å². The third-order valence-corrected chi connectivity index (χ3v) is 7.52. The number of hydrogen-bond acceptors (Lipinski definition) is 2. The predicted octanol–water partition coefficient (Wildman–Crippen LogP) is 11.6. The zero-order chi connectivity index (χ0) is 33.6. The van der Waals surface area contributed by atoms with Crippen LogP contribution < -0.4 is 9.30 Å². The van der Waals surface area contributed by atoms with E-state index in [2.05, 4.69) is 122 Å². The first-order chi connectivity index (χ1) is 22.8. The molecule has 0 unspecified atom stereocenters. The second-order valence-corrected chi connectivity index (χ2v) is 12.9. The first kappa shape index (κ1) is 31.0. The van der Waals surface area contributed by atoms with Gasteiger partial charge in [0.15, 0.2) is 11.0 Å². The van der Waals surface area contributed by atoms with Gasteiger partial charge in [-0.3, -0.25) is 4.57 Å². The summed E-state index contributed by atoms with van der Waals surface area (Å²) in [5, 5.41) is 2.35. The molecular formula is C36H25F6N4OP. The Balaban J connectivity index is 0.000000473. The van der Waals surface area contributed by atoms with Gasteiger partial charge in [-0.25, -0.2) is 4.98 Å². The van der Waals surface area contributed by atoms with Gasteiger partial charge in [-0.15, -0.1) is 0 Å². The summed E-state index contributed by atoms with van der Waals surface area (Å²) in [6, 6.07) is 47.8. The fourth-order valence-corrected chi connectivity index (χ4v) is 5.69. The van der Waals surface area contributed by atoms with Crippen LogP contribution in [-0.2, 0) is 0 Å². The van der Waals surface area contributed by atoms with Gasteiger partial charge in [0, 0.05) is 29.1 Å². The Hall–Kier alpha value is -5.67. The van der Waals surface area contributed by atoms with Gasteiger partial charge in [-0.1, -0.05) is 60.7 Å². The first-order valence-electron chi connectivity index (χ1n) is 14.6. The maximum Gasteiger partial charge on any atom is 0.255 e. The minimum Gasteiger partial charge on any atom is -0.457 e. The molecule has 0 aliphatic carbocycles. The smallest absolute Gasteiger partial charge is 0.255 e. The number of fused-ring (bicyclic) bond motifs is 4. The molecule has 242 valence electrons. The van der Waals surface area contributed by atoms with Crippen molar-refractivity contribution in [2.75, 3.05) is 0 Å². The second-order valence-electron chi connectivity index (χ2n) is 11.0. The molecule has 12 heteroatoms. The van der Waals surface area contributed by atoms with Gasteiger partial charge in [-0.05, 0) is 66.7 Å². The molecule has 3 heterocycles. The summed E-state index contributed by atoms with van der Waals surface area (Å²) in [5.74, 6) is 2.42. The van der Waals surface area contributed by atoms with Crippen molar-refractivity contribution in [2.45, 2.75) is 0 Å². The summed E-state index contributed by atoms with van der Waals surface area (Å²) in [7, 11) is -10.7. The van der Waals surface area contributed by atoms with Gasteiger partial charge in [0.2, 0.25) is 0 Å². The molecule has 0 atom stereocenters. The van der Waals surface area contributed by atoms with Crippen molar-refractivity contribution in [3.05, 3.63) is 152 Å². The Morgan fingerprint density at radius 1 is 0.562 bits per heavy atom. The van der Waals surface area contributed by atoms with Crippen LogP contribution in [0.1, 0.15) is 0 Å². The topological polar surface area (TPSA) is 35.9 Å². The molecule has 0 radical (unpaired) electrons.